The monoisotopic (exact) mass is 353 g/mol. The zero-order chi connectivity index (χ0) is 17.8. The zero-order valence-electron chi connectivity index (χ0n) is 14.8. The smallest absolute Gasteiger partial charge is 0.272 e. The van der Waals surface area contributed by atoms with Gasteiger partial charge in [-0.1, -0.05) is 0 Å². The number of carbonyl (C=O) groups excluding carboxylic acids is 1. The summed E-state index contributed by atoms with van der Waals surface area (Å²) in [5.74, 6) is 1.40. The van der Waals surface area contributed by atoms with Crippen molar-refractivity contribution in [2.75, 3.05) is 49.1 Å². The van der Waals surface area contributed by atoms with Crippen molar-refractivity contribution < 1.29 is 4.79 Å². The number of likely N-dealkylation sites (tertiary alicyclic amines) is 1. The second kappa shape index (κ2) is 7.63. The lowest BCUT2D eigenvalue weighted by atomic mass is 10.1. The van der Waals surface area contributed by atoms with E-state index in [0.717, 1.165) is 58.1 Å². The van der Waals surface area contributed by atoms with Crippen molar-refractivity contribution in [3.63, 3.8) is 0 Å². The third-order valence-electron chi connectivity index (χ3n) is 4.90. The van der Waals surface area contributed by atoms with Crippen molar-refractivity contribution in [3.8, 4) is 0 Å². The minimum atomic E-state index is 0.0182. The van der Waals surface area contributed by atoms with E-state index in [0.29, 0.717) is 11.6 Å². The van der Waals surface area contributed by atoms with Crippen LogP contribution in [-0.2, 0) is 0 Å². The molecule has 0 radical (unpaired) electrons. The Labute approximate surface area is 152 Å². The molecule has 26 heavy (non-hydrogen) atoms. The normalized spacial score (nSPS) is 18.1. The van der Waals surface area contributed by atoms with Gasteiger partial charge in [-0.25, -0.2) is 19.9 Å². The molecule has 2 aliphatic heterocycles. The molecule has 2 saturated heterocycles. The summed E-state index contributed by atoms with van der Waals surface area (Å²) < 4.78 is 0. The molecule has 0 aromatic carbocycles. The molecule has 4 heterocycles. The van der Waals surface area contributed by atoms with E-state index < -0.39 is 0 Å². The van der Waals surface area contributed by atoms with Crippen LogP contribution in [0.2, 0.25) is 0 Å². The van der Waals surface area contributed by atoms with Gasteiger partial charge in [-0.15, -0.1) is 0 Å². The fourth-order valence-corrected chi connectivity index (χ4v) is 3.44. The van der Waals surface area contributed by atoms with Crippen LogP contribution in [0, 0.1) is 0 Å². The highest BCUT2D eigenvalue weighted by Crippen LogP contribution is 2.16. The van der Waals surface area contributed by atoms with Gasteiger partial charge in [0.05, 0.1) is 0 Å². The quantitative estimate of drug-likeness (QED) is 0.821. The van der Waals surface area contributed by atoms with Gasteiger partial charge in [0.1, 0.15) is 5.69 Å². The Morgan fingerprint density at radius 3 is 2.08 bits per heavy atom. The summed E-state index contributed by atoms with van der Waals surface area (Å²) >= 11 is 0. The second-order valence-electron chi connectivity index (χ2n) is 6.62. The van der Waals surface area contributed by atoms with E-state index in [1.807, 2.05) is 11.0 Å². The molecule has 0 spiro atoms. The first-order chi connectivity index (χ1) is 12.8. The Hall–Kier alpha value is -2.77. The lowest BCUT2D eigenvalue weighted by Gasteiger charge is -2.34. The highest BCUT2D eigenvalue weighted by Gasteiger charge is 2.23. The van der Waals surface area contributed by atoms with E-state index in [4.69, 9.17) is 0 Å². The van der Waals surface area contributed by atoms with Crippen molar-refractivity contribution in [2.24, 2.45) is 0 Å². The Morgan fingerprint density at radius 2 is 1.38 bits per heavy atom. The molecule has 2 fully saturated rings. The molecular formula is C18H23N7O. The Balaban J connectivity index is 1.42. The Morgan fingerprint density at radius 1 is 0.769 bits per heavy atom. The molecule has 0 saturated carbocycles. The summed E-state index contributed by atoms with van der Waals surface area (Å²) in [6.45, 7) is 4.82. The van der Waals surface area contributed by atoms with Crippen molar-refractivity contribution in [1.82, 2.24) is 24.8 Å². The minimum absolute atomic E-state index is 0.0182. The third-order valence-corrected chi connectivity index (χ3v) is 4.90. The number of rotatable bonds is 3. The SMILES string of the molecule is O=C(c1ccnc(N2CCN(c3ncccn3)CC2)n1)N1CCCCC1. The third kappa shape index (κ3) is 3.58. The van der Waals surface area contributed by atoms with Crippen molar-refractivity contribution >= 4 is 17.8 Å². The molecular weight excluding hydrogens is 330 g/mol. The molecule has 0 unspecified atom stereocenters. The maximum absolute atomic E-state index is 12.7. The molecule has 4 rings (SSSR count). The van der Waals surface area contributed by atoms with Crippen LogP contribution in [0.4, 0.5) is 11.9 Å². The second-order valence-corrected chi connectivity index (χ2v) is 6.62. The van der Waals surface area contributed by atoms with Gasteiger partial charge in [0.15, 0.2) is 0 Å². The maximum atomic E-state index is 12.7. The highest BCUT2D eigenvalue weighted by atomic mass is 16.2. The molecule has 2 aromatic heterocycles. The first-order valence-electron chi connectivity index (χ1n) is 9.20. The summed E-state index contributed by atoms with van der Waals surface area (Å²) in [6, 6.07) is 3.53. The number of aromatic nitrogens is 4. The maximum Gasteiger partial charge on any atom is 0.272 e. The number of nitrogens with zero attached hydrogens (tertiary/aromatic N) is 7. The topological polar surface area (TPSA) is 78.4 Å². The van der Waals surface area contributed by atoms with E-state index in [2.05, 4.69) is 29.7 Å². The largest absolute Gasteiger partial charge is 0.337 e. The predicted molar refractivity (Wildman–Crippen MR) is 98.2 cm³/mol. The summed E-state index contributed by atoms with van der Waals surface area (Å²) in [7, 11) is 0. The Kier molecular flexibility index (Phi) is 4.90. The number of carbonyl (C=O) groups is 1. The minimum Gasteiger partial charge on any atom is -0.337 e. The summed E-state index contributed by atoms with van der Waals surface area (Å²) in [6.07, 6.45) is 8.56. The van der Waals surface area contributed by atoms with Crippen LogP contribution in [0.5, 0.6) is 0 Å². The molecule has 2 aliphatic rings. The van der Waals surface area contributed by atoms with Gasteiger partial charge in [-0.3, -0.25) is 4.79 Å². The highest BCUT2D eigenvalue weighted by molar-refractivity contribution is 5.92. The van der Waals surface area contributed by atoms with Crippen LogP contribution in [0.25, 0.3) is 0 Å². The molecule has 136 valence electrons. The van der Waals surface area contributed by atoms with Gasteiger partial charge in [-0.05, 0) is 31.4 Å². The van der Waals surface area contributed by atoms with E-state index in [1.54, 1.807) is 24.7 Å². The molecule has 0 bridgehead atoms. The van der Waals surface area contributed by atoms with E-state index in [1.165, 1.54) is 6.42 Å². The molecule has 2 aromatic rings. The first-order valence-corrected chi connectivity index (χ1v) is 9.20. The fraction of sp³-hybridized carbons (Fsp3) is 0.500. The Bertz CT molecular complexity index is 740. The molecule has 8 nitrogen and oxygen atoms in total. The van der Waals surface area contributed by atoms with Gasteiger partial charge in [0, 0.05) is 57.9 Å². The number of hydrogen-bond acceptors (Lipinski definition) is 7. The van der Waals surface area contributed by atoms with Crippen LogP contribution in [0.3, 0.4) is 0 Å². The summed E-state index contributed by atoms with van der Waals surface area (Å²) in [5, 5.41) is 0. The molecule has 0 N–H and O–H groups in total. The molecule has 8 heteroatoms. The predicted octanol–water partition coefficient (Wildman–Crippen LogP) is 1.22. The van der Waals surface area contributed by atoms with Crippen LogP contribution in [0.1, 0.15) is 29.8 Å². The number of amides is 1. The number of piperazine rings is 1. The molecule has 1 amide bonds. The van der Waals surface area contributed by atoms with Crippen LogP contribution >= 0.6 is 0 Å². The van der Waals surface area contributed by atoms with Gasteiger partial charge in [0.2, 0.25) is 11.9 Å². The average molecular weight is 353 g/mol. The van der Waals surface area contributed by atoms with Gasteiger partial charge in [0.25, 0.3) is 5.91 Å². The van der Waals surface area contributed by atoms with E-state index >= 15 is 0 Å². The average Bonchev–Trinajstić information content (AvgIpc) is 2.75. The van der Waals surface area contributed by atoms with Crippen LogP contribution in [-0.4, -0.2) is 70.0 Å². The number of hydrogen-bond donors (Lipinski definition) is 0. The van der Waals surface area contributed by atoms with Crippen LogP contribution < -0.4 is 9.80 Å². The standard InChI is InChI=1S/C18H23N7O/c26-16(23-9-2-1-3-10-23)15-5-8-21-18(22-15)25-13-11-24(12-14-25)17-19-6-4-7-20-17/h4-8H,1-3,9-14H2. The van der Waals surface area contributed by atoms with Crippen molar-refractivity contribution in [2.45, 2.75) is 19.3 Å². The fourth-order valence-electron chi connectivity index (χ4n) is 3.44. The summed E-state index contributed by atoms with van der Waals surface area (Å²) in [5.41, 5.74) is 0.491. The lowest BCUT2D eigenvalue weighted by Crippen LogP contribution is -2.47. The van der Waals surface area contributed by atoms with E-state index in [9.17, 15) is 4.79 Å². The summed E-state index contributed by atoms with van der Waals surface area (Å²) in [4.78, 5) is 36.4. The number of piperidine rings is 1. The lowest BCUT2D eigenvalue weighted by molar-refractivity contribution is 0.0718. The van der Waals surface area contributed by atoms with Gasteiger partial charge < -0.3 is 14.7 Å². The first kappa shape index (κ1) is 16.7. The molecule has 0 atom stereocenters. The van der Waals surface area contributed by atoms with Crippen LogP contribution in [0.15, 0.2) is 30.7 Å². The van der Waals surface area contributed by atoms with Gasteiger partial charge in [-0.2, -0.15) is 0 Å². The van der Waals surface area contributed by atoms with Crippen molar-refractivity contribution in [1.29, 1.82) is 0 Å². The zero-order valence-corrected chi connectivity index (χ0v) is 14.8. The molecule has 0 aliphatic carbocycles. The van der Waals surface area contributed by atoms with E-state index in [-0.39, 0.29) is 5.91 Å². The van der Waals surface area contributed by atoms with Gasteiger partial charge >= 0.3 is 0 Å². The van der Waals surface area contributed by atoms with Crippen molar-refractivity contribution in [3.05, 3.63) is 36.4 Å². The number of anilines is 2.